The van der Waals surface area contributed by atoms with E-state index in [1.165, 1.54) is 25.3 Å². The number of hydrogen-bond donors (Lipinski definition) is 4. The number of imide groups is 1. The lowest BCUT2D eigenvalue weighted by atomic mass is 9.99. The Kier molecular flexibility index (Phi) is 14.2. The summed E-state index contributed by atoms with van der Waals surface area (Å²) in [5, 5.41) is 9.71. The molecule has 0 unspecified atom stereocenters. The Morgan fingerprint density at radius 1 is 0.887 bits per heavy atom. The zero-order valence-corrected chi connectivity index (χ0v) is 32.0. The summed E-state index contributed by atoms with van der Waals surface area (Å²) >= 11 is 0. The van der Waals surface area contributed by atoms with Crippen molar-refractivity contribution in [3.63, 3.8) is 0 Å². The van der Waals surface area contributed by atoms with Gasteiger partial charge >= 0.3 is 0 Å². The van der Waals surface area contributed by atoms with Crippen LogP contribution in [0.2, 0.25) is 0 Å². The maximum Gasteiger partial charge on any atom is 0.257 e. The predicted octanol–water partition coefficient (Wildman–Crippen LogP) is 3.88. The monoisotopic (exact) mass is 726 g/mol. The first-order valence-electron chi connectivity index (χ1n) is 18.2. The Labute approximate surface area is 312 Å². The fourth-order valence-corrected chi connectivity index (χ4v) is 6.83. The van der Waals surface area contributed by atoms with Crippen molar-refractivity contribution in [3.8, 4) is 0 Å². The average molecular weight is 727 g/mol. The predicted molar refractivity (Wildman–Crippen MR) is 205 cm³/mol. The Morgan fingerprint density at radius 3 is 2.17 bits per heavy atom. The quantitative estimate of drug-likeness (QED) is 0.154. The van der Waals surface area contributed by atoms with Gasteiger partial charge in [-0.3, -0.25) is 33.8 Å². The van der Waals surface area contributed by atoms with Crippen LogP contribution in [0.3, 0.4) is 0 Å². The summed E-state index contributed by atoms with van der Waals surface area (Å²) in [4.78, 5) is 73.7. The molecule has 5 amide bonds. The van der Waals surface area contributed by atoms with Crippen molar-refractivity contribution in [1.82, 2.24) is 30.7 Å². The first-order chi connectivity index (χ1) is 25.2. The number of aromatic amines is 1. The molecular formula is C41H54N6O6. The van der Waals surface area contributed by atoms with Gasteiger partial charge in [-0.1, -0.05) is 82.3 Å². The SMILES string of the molecule is COC1=CC(=O)N(C(=O)/C=C/[C@H](C)NC(=O)[C@H](CC(C)C)NC(=O)[C@H](Cc2ccccc2)NC(=O)[C@H](C(C)C)N(C)C)[C@H]1Cc1c[nH]c2ccccc12. The van der Waals surface area contributed by atoms with Crippen molar-refractivity contribution in [3.05, 3.63) is 95.9 Å². The molecule has 0 saturated carbocycles. The highest BCUT2D eigenvalue weighted by atomic mass is 16.5. The van der Waals surface area contributed by atoms with Crippen LogP contribution in [-0.2, 0) is 41.6 Å². The van der Waals surface area contributed by atoms with E-state index in [0.29, 0.717) is 18.6 Å². The fourth-order valence-electron chi connectivity index (χ4n) is 6.83. The summed E-state index contributed by atoms with van der Waals surface area (Å²) in [6.45, 7) is 9.50. The van der Waals surface area contributed by atoms with Gasteiger partial charge in [0.25, 0.3) is 11.8 Å². The van der Waals surface area contributed by atoms with Crippen molar-refractivity contribution in [2.45, 2.75) is 84.1 Å². The third kappa shape index (κ3) is 10.7. The number of ether oxygens (including phenoxy) is 1. The topological polar surface area (TPSA) is 153 Å². The van der Waals surface area contributed by atoms with Crippen molar-refractivity contribution in [2.75, 3.05) is 21.2 Å². The molecule has 53 heavy (non-hydrogen) atoms. The van der Waals surface area contributed by atoms with Gasteiger partial charge in [0.1, 0.15) is 23.9 Å². The molecule has 12 heteroatoms. The zero-order valence-electron chi connectivity index (χ0n) is 32.0. The van der Waals surface area contributed by atoms with Gasteiger partial charge in [0.05, 0.1) is 13.2 Å². The molecule has 4 N–H and O–H groups in total. The van der Waals surface area contributed by atoms with Crippen LogP contribution >= 0.6 is 0 Å². The first-order valence-corrected chi connectivity index (χ1v) is 18.2. The number of fused-ring (bicyclic) bond motifs is 1. The summed E-state index contributed by atoms with van der Waals surface area (Å²) in [5.41, 5.74) is 2.75. The Hall–Kier alpha value is -5.23. The highest BCUT2D eigenvalue weighted by Crippen LogP contribution is 2.28. The normalized spacial score (nSPS) is 16.9. The Bertz CT molecular complexity index is 1810. The molecule has 2 heterocycles. The summed E-state index contributed by atoms with van der Waals surface area (Å²) < 4.78 is 5.50. The molecule has 0 bridgehead atoms. The number of carbonyl (C=O) groups excluding carboxylic acids is 5. The van der Waals surface area contributed by atoms with E-state index >= 15 is 0 Å². The van der Waals surface area contributed by atoms with Crippen LogP contribution < -0.4 is 16.0 Å². The minimum Gasteiger partial charge on any atom is -0.499 e. The van der Waals surface area contributed by atoms with Gasteiger partial charge in [-0.25, -0.2) is 0 Å². The molecule has 0 aliphatic carbocycles. The molecule has 0 radical (unpaired) electrons. The number of benzene rings is 2. The summed E-state index contributed by atoms with van der Waals surface area (Å²) in [5.74, 6) is -1.78. The van der Waals surface area contributed by atoms with Crippen molar-refractivity contribution in [1.29, 1.82) is 0 Å². The largest absolute Gasteiger partial charge is 0.499 e. The second-order valence-corrected chi connectivity index (χ2v) is 14.6. The minimum absolute atomic E-state index is 0.00131. The van der Waals surface area contributed by atoms with Crippen LogP contribution in [0.4, 0.5) is 0 Å². The highest BCUT2D eigenvalue weighted by Gasteiger charge is 2.38. The molecule has 1 aliphatic rings. The van der Waals surface area contributed by atoms with E-state index in [2.05, 4.69) is 20.9 Å². The van der Waals surface area contributed by atoms with Crippen LogP contribution in [0.15, 0.2) is 84.8 Å². The molecule has 4 rings (SSSR count). The molecular weight excluding hydrogens is 672 g/mol. The third-order valence-electron chi connectivity index (χ3n) is 9.31. The zero-order chi connectivity index (χ0) is 38.8. The standard InChI is InChI=1S/C41H54N6O6/c1-25(2)20-32(44-40(51)33(21-28-14-10-9-11-15-28)45-41(52)38(26(3)4)46(6)7)39(50)43-27(5)18-19-36(48)47-34(35(53-8)23-37(47)49)22-29-24-42-31-17-13-12-16-30(29)31/h9-19,23-27,32-34,38,42H,20-22H2,1-8H3,(H,43,50)(H,44,51)(H,45,52)/b19-18+/t27-,32-,33-,34-,38-/m0/s1. The van der Waals surface area contributed by atoms with Crippen LogP contribution in [-0.4, -0.2) is 95.7 Å². The molecule has 1 aromatic heterocycles. The van der Waals surface area contributed by atoms with Gasteiger partial charge in [0.15, 0.2) is 0 Å². The second-order valence-electron chi connectivity index (χ2n) is 14.6. The van der Waals surface area contributed by atoms with E-state index in [0.717, 1.165) is 26.9 Å². The van der Waals surface area contributed by atoms with Crippen molar-refractivity contribution >= 4 is 40.4 Å². The fraction of sp³-hybridized carbons (Fsp3) is 0.439. The third-order valence-corrected chi connectivity index (χ3v) is 9.31. The van der Waals surface area contributed by atoms with E-state index in [-0.39, 0.29) is 24.2 Å². The van der Waals surface area contributed by atoms with Crippen molar-refractivity contribution < 1.29 is 28.7 Å². The van der Waals surface area contributed by atoms with Gasteiger partial charge in [-0.05, 0) is 56.5 Å². The van der Waals surface area contributed by atoms with E-state index in [1.807, 2.05) is 107 Å². The molecule has 2 aromatic carbocycles. The van der Waals surface area contributed by atoms with E-state index < -0.39 is 53.8 Å². The van der Waals surface area contributed by atoms with Gasteiger partial charge in [0.2, 0.25) is 17.7 Å². The van der Waals surface area contributed by atoms with Gasteiger partial charge in [-0.15, -0.1) is 0 Å². The molecule has 0 fully saturated rings. The second kappa shape index (κ2) is 18.5. The number of nitrogens with one attached hydrogen (secondary N) is 4. The number of methoxy groups -OCH3 is 1. The molecule has 0 spiro atoms. The number of nitrogens with zero attached hydrogens (tertiary/aromatic N) is 2. The Balaban J connectivity index is 1.45. The Morgan fingerprint density at radius 2 is 1.53 bits per heavy atom. The average Bonchev–Trinajstić information content (AvgIpc) is 3.66. The number of para-hydroxylation sites is 1. The van der Waals surface area contributed by atoms with Crippen molar-refractivity contribution in [2.24, 2.45) is 11.8 Å². The number of carbonyl (C=O) groups is 5. The first kappa shape index (κ1) is 40.5. The number of aromatic nitrogens is 1. The lowest BCUT2D eigenvalue weighted by molar-refractivity contribution is -0.139. The molecule has 3 aromatic rings. The maximum atomic E-state index is 13.9. The molecule has 5 atom stereocenters. The number of H-pyrrole nitrogens is 1. The van der Waals surface area contributed by atoms with Crippen LogP contribution in [0.25, 0.3) is 10.9 Å². The highest BCUT2D eigenvalue weighted by molar-refractivity contribution is 6.08. The molecule has 1 aliphatic heterocycles. The summed E-state index contributed by atoms with van der Waals surface area (Å²) in [6, 6.07) is 13.6. The van der Waals surface area contributed by atoms with E-state index in [1.54, 1.807) is 6.92 Å². The van der Waals surface area contributed by atoms with E-state index in [9.17, 15) is 24.0 Å². The molecule has 284 valence electrons. The number of rotatable bonds is 17. The minimum atomic E-state index is -0.927. The number of amides is 5. The number of hydrogen-bond acceptors (Lipinski definition) is 7. The summed E-state index contributed by atoms with van der Waals surface area (Å²) in [6.07, 6.45) is 6.92. The van der Waals surface area contributed by atoms with Crippen LogP contribution in [0, 0.1) is 11.8 Å². The smallest absolute Gasteiger partial charge is 0.257 e. The van der Waals surface area contributed by atoms with Crippen LogP contribution in [0.5, 0.6) is 0 Å². The number of likely N-dealkylation sites (N-methyl/N-ethyl adjacent to an activating group) is 1. The maximum absolute atomic E-state index is 13.9. The van der Waals surface area contributed by atoms with Crippen LogP contribution in [0.1, 0.15) is 52.2 Å². The van der Waals surface area contributed by atoms with Gasteiger partial charge < -0.3 is 25.7 Å². The summed E-state index contributed by atoms with van der Waals surface area (Å²) in [7, 11) is 5.12. The van der Waals surface area contributed by atoms with Gasteiger partial charge in [0, 0.05) is 48.1 Å². The molecule has 0 saturated heterocycles. The lowest BCUT2D eigenvalue weighted by Crippen LogP contribution is -2.58. The van der Waals surface area contributed by atoms with Gasteiger partial charge in [-0.2, -0.15) is 0 Å². The lowest BCUT2D eigenvalue weighted by Gasteiger charge is -2.30. The van der Waals surface area contributed by atoms with E-state index in [4.69, 9.17) is 4.74 Å². The molecule has 12 nitrogen and oxygen atoms in total.